The van der Waals surface area contributed by atoms with Gasteiger partial charge >= 0.3 is 5.97 Å². The minimum absolute atomic E-state index is 0.00120. The van der Waals surface area contributed by atoms with Gasteiger partial charge in [0.05, 0.1) is 12.2 Å². The van der Waals surface area contributed by atoms with E-state index in [0.717, 1.165) is 16.7 Å². The third kappa shape index (κ3) is 6.22. The minimum Gasteiger partial charge on any atom is -0.488 e. The molecule has 42 heavy (non-hydrogen) atoms. The summed E-state index contributed by atoms with van der Waals surface area (Å²) >= 11 is 0. The number of hydrogen-bond donors (Lipinski definition) is 3. The number of ether oxygens (including phenoxy) is 2. The van der Waals surface area contributed by atoms with E-state index in [1.165, 1.54) is 30.6 Å². The van der Waals surface area contributed by atoms with E-state index in [2.05, 4.69) is 10.3 Å². The number of aliphatic hydroxyl groups is 1. The van der Waals surface area contributed by atoms with E-state index >= 15 is 4.39 Å². The van der Waals surface area contributed by atoms with Crippen LogP contribution >= 0.6 is 0 Å². The number of benzene rings is 3. The molecule has 0 spiro atoms. The van der Waals surface area contributed by atoms with Crippen LogP contribution in [0.5, 0.6) is 11.5 Å². The molecular weight excluding hydrogens is 544 g/mol. The summed E-state index contributed by atoms with van der Waals surface area (Å²) in [5.41, 5.74) is 4.30. The minimum atomic E-state index is -1.26. The fraction of sp³-hybridized carbons (Fsp3) is 0.219. The lowest BCUT2D eigenvalue weighted by atomic mass is 9.96. The Kier molecular flexibility index (Phi) is 8.71. The first-order chi connectivity index (χ1) is 20.4. The van der Waals surface area contributed by atoms with Gasteiger partial charge in [0.1, 0.15) is 36.4 Å². The highest BCUT2D eigenvalue weighted by Gasteiger charge is 2.28. The Morgan fingerprint density at radius 1 is 1.07 bits per heavy atom. The van der Waals surface area contributed by atoms with Crippen molar-refractivity contribution in [1.29, 1.82) is 5.26 Å². The van der Waals surface area contributed by atoms with Crippen molar-refractivity contribution in [1.82, 2.24) is 10.3 Å². The molecular formula is C32H27F2N3O5. The van der Waals surface area contributed by atoms with Gasteiger partial charge in [0.15, 0.2) is 11.6 Å². The molecule has 0 unspecified atom stereocenters. The lowest BCUT2D eigenvalue weighted by molar-refractivity contribution is -0.140. The zero-order valence-electron chi connectivity index (χ0n) is 22.4. The van der Waals surface area contributed by atoms with Crippen LogP contribution < -0.4 is 14.8 Å². The number of aromatic nitrogens is 1. The second-order valence-corrected chi connectivity index (χ2v) is 9.83. The SMILES string of the molecule is N#Cc1cncc(COc2cc(O[C@H]3CCc4c(-c5ccccc5F)cccc43)c(F)cc2CN[C@@H](CO)C(=O)O)c1. The van der Waals surface area contributed by atoms with E-state index in [4.69, 9.17) is 14.7 Å². The number of nitriles is 1. The number of hydrogen-bond acceptors (Lipinski definition) is 7. The third-order valence-corrected chi connectivity index (χ3v) is 7.10. The van der Waals surface area contributed by atoms with Crippen LogP contribution in [0.3, 0.4) is 0 Å². The molecule has 10 heteroatoms. The van der Waals surface area contributed by atoms with Crippen LogP contribution in [0.2, 0.25) is 0 Å². The fourth-order valence-corrected chi connectivity index (χ4v) is 5.01. The molecule has 3 N–H and O–H groups in total. The number of halogens is 2. The third-order valence-electron chi connectivity index (χ3n) is 7.10. The molecule has 1 aliphatic carbocycles. The summed E-state index contributed by atoms with van der Waals surface area (Å²) in [6.45, 7) is -0.766. The number of rotatable bonds is 11. The molecule has 8 nitrogen and oxygen atoms in total. The van der Waals surface area contributed by atoms with Gasteiger partial charge in [-0.15, -0.1) is 0 Å². The molecule has 0 fully saturated rings. The highest BCUT2D eigenvalue weighted by Crippen LogP contribution is 2.42. The second kappa shape index (κ2) is 12.8. The smallest absolute Gasteiger partial charge is 0.323 e. The Hall–Kier alpha value is -4.85. The summed E-state index contributed by atoms with van der Waals surface area (Å²) in [6, 6.07) is 17.1. The van der Waals surface area contributed by atoms with Crippen LogP contribution in [0.4, 0.5) is 8.78 Å². The van der Waals surface area contributed by atoms with E-state index in [9.17, 15) is 19.4 Å². The fourth-order valence-electron chi connectivity index (χ4n) is 5.01. The number of carboxylic acid groups (broad SMARTS) is 1. The van der Waals surface area contributed by atoms with E-state index in [1.54, 1.807) is 24.3 Å². The Labute approximate surface area is 240 Å². The van der Waals surface area contributed by atoms with Gasteiger partial charge in [-0.05, 0) is 47.7 Å². The van der Waals surface area contributed by atoms with Gasteiger partial charge in [0, 0.05) is 41.7 Å². The predicted molar refractivity (Wildman–Crippen MR) is 149 cm³/mol. The summed E-state index contributed by atoms with van der Waals surface area (Å²) in [4.78, 5) is 15.4. The molecule has 1 heterocycles. The molecule has 2 atom stereocenters. The van der Waals surface area contributed by atoms with Crippen molar-refractivity contribution in [3.63, 3.8) is 0 Å². The quantitative estimate of drug-likeness (QED) is 0.228. The predicted octanol–water partition coefficient (Wildman–Crippen LogP) is 5.08. The lowest BCUT2D eigenvalue weighted by Crippen LogP contribution is -2.39. The molecule has 5 rings (SSSR count). The van der Waals surface area contributed by atoms with Crippen molar-refractivity contribution in [2.24, 2.45) is 0 Å². The Bertz CT molecular complexity index is 1660. The van der Waals surface area contributed by atoms with E-state index in [-0.39, 0.29) is 30.5 Å². The maximum Gasteiger partial charge on any atom is 0.323 e. The summed E-state index contributed by atoms with van der Waals surface area (Å²) in [5.74, 6) is -2.10. The van der Waals surface area contributed by atoms with Gasteiger partial charge in [-0.2, -0.15) is 5.26 Å². The summed E-state index contributed by atoms with van der Waals surface area (Å²) in [5, 5.41) is 30.5. The molecule has 0 aliphatic heterocycles. The van der Waals surface area contributed by atoms with Crippen LogP contribution in [0.25, 0.3) is 11.1 Å². The molecule has 0 radical (unpaired) electrons. The van der Waals surface area contributed by atoms with Crippen molar-refractivity contribution in [3.8, 4) is 28.7 Å². The van der Waals surface area contributed by atoms with Gasteiger partial charge in [-0.1, -0.05) is 36.4 Å². The molecule has 214 valence electrons. The van der Waals surface area contributed by atoms with Crippen LogP contribution in [0, 0.1) is 23.0 Å². The number of aliphatic hydroxyl groups excluding tert-OH is 1. The first kappa shape index (κ1) is 28.7. The molecule has 0 saturated heterocycles. The largest absolute Gasteiger partial charge is 0.488 e. The van der Waals surface area contributed by atoms with Crippen molar-refractivity contribution < 1.29 is 33.3 Å². The molecule has 1 aliphatic rings. The van der Waals surface area contributed by atoms with Crippen LogP contribution in [0.15, 0.2) is 73.1 Å². The number of aliphatic carboxylic acids is 1. The number of carboxylic acids is 1. The number of nitrogens with one attached hydrogen (secondary N) is 1. The van der Waals surface area contributed by atoms with Crippen molar-refractivity contribution in [2.75, 3.05) is 6.61 Å². The topological polar surface area (TPSA) is 125 Å². The molecule has 4 aromatic rings. The number of carbonyl (C=O) groups is 1. The molecule has 0 bridgehead atoms. The Morgan fingerprint density at radius 3 is 2.64 bits per heavy atom. The summed E-state index contributed by atoms with van der Waals surface area (Å²) in [7, 11) is 0. The van der Waals surface area contributed by atoms with Crippen molar-refractivity contribution in [3.05, 3.63) is 113 Å². The Morgan fingerprint density at radius 2 is 1.88 bits per heavy atom. The first-order valence-electron chi connectivity index (χ1n) is 13.3. The summed E-state index contributed by atoms with van der Waals surface area (Å²) < 4.78 is 42.1. The van der Waals surface area contributed by atoms with Crippen LogP contribution in [-0.4, -0.2) is 33.8 Å². The van der Waals surface area contributed by atoms with Crippen molar-refractivity contribution >= 4 is 5.97 Å². The molecule has 1 aromatic heterocycles. The van der Waals surface area contributed by atoms with Crippen LogP contribution in [0.1, 0.15) is 40.3 Å². The van der Waals surface area contributed by atoms with E-state index in [1.807, 2.05) is 24.3 Å². The Balaban J connectivity index is 1.43. The first-order valence-corrected chi connectivity index (χ1v) is 13.3. The van der Waals surface area contributed by atoms with Gasteiger partial charge in [-0.25, -0.2) is 8.78 Å². The van der Waals surface area contributed by atoms with Crippen molar-refractivity contribution in [2.45, 2.75) is 38.1 Å². The maximum absolute atomic E-state index is 15.4. The highest BCUT2D eigenvalue weighted by molar-refractivity contribution is 5.73. The molecule has 0 saturated carbocycles. The molecule has 3 aromatic carbocycles. The molecule has 0 amide bonds. The standard InChI is InChI=1S/C32H27F2N3O5/c33-26-7-2-1-4-24(26)22-5-3-6-25-23(22)8-9-29(25)42-31-12-30(41-18-20-10-19(13-35)14-36-15-20)21(11-27(31)34)16-37-28(17-38)32(39)40/h1-7,10-12,14-15,28-29,37-38H,8-9,16-18H2,(H,39,40)/t28-,29-/m0/s1. The number of pyridine rings is 1. The van der Waals surface area contributed by atoms with Gasteiger partial charge < -0.3 is 19.7 Å². The maximum atomic E-state index is 15.4. The summed E-state index contributed by atoms with van der Waals surface area (Å²) in [6.07, 6.45) is 3.65. The van der Waals surface area contributed by atoms with Gasteiger partial charge in [0.25, 0.3) is 0 Å². The van der Waals surface area contributed by atoms with E-state index < -0.39 is 30.5 Å². The second-order valence-electron chi connectivity index (χ2n) is 9.83. The van der Waals surface area contributed by atoms with Gasteiger partial charge in [-0.3, -0.25) is 15.1 Å². The highest BCUT2D eigenvalue weighted by atomic mass is 19.1. The van der Waals surface area contributed by atoms with Gasteiger partial charge in [0.2, 0.25) is 0 Å². The zero-order chi connectivity index (χ0) is 29.6. The number of nitrogens with zero attached hydrogens (tertiary/aromatic N) is 2. The monoisotopic (exact) mass is 571 g/mol. The average Bonchev–Trinajstić information content (AvgIpc) is 3.41. The van der Waals surface area contributed by atoms with Crippen LogP contribution in [-0.2, 0) is 24.4 Å². The zero-order valence-corrected chi connectivity index (χ0v) is 22.4. The van der Waals surface area contributed by atoms with E-state index in [0.29, 0.717) is 35.1 Å². The average molecular weight is 572 g/mol. The number of fused-ring (bicyclic) bond motifs is 1. The normalized spacial score (nSPS) is 14.6. The lowest BCUT2D eigenvalue weighted by Gasteiger charge is -2.20.